The average Bonchev–Trinajstić information content (AvgIpc) is 2.65. The molecule has 143 valence electrons. The molecule has 0 N–H and O–H groups in total. The highest BCUT2D eigenvalue weighted by atomic mass is 32.2. The van der Waals surface area contributed by atoms with Gasteiger partial charge in [0.25, 0.3) is 0 Å². The molecule has 0 aromatic heterocycles. The van der Waals surface area contributed by atoms with Crippen molar-refractivity contribution in [1.29, 1.82) is 0 Å². The van der Waals surface area contributed by atoms with Crippen molar-refractivity contribution in [3.05, 3.63) is 36.1 Å². The maximum atomic E-state index is 2.37. The second-order valence-corrected chi connectivity index (χ2v) is 8.38. The van der Waals surface area contributed by atoms with E-state index in [0.717, 1.165) is 0 Å². The van der Waals surface area contributed by atoms with E-state index in [9.17, 15) is 0 Å². The van der Waals surface area contributed by atoms with Crippen LogP contribution in [0, 0.1) is 5.75 Å². The van der Waals surface area contributed by atoms with Gasteiger partial charge in [-0.2, -0.15) is 0 Å². The number of unbranched alkanes of at least 4 members (excludes halogenated alkanes) is 15. The number of hydrogen-bond donors (Lipinski definition) is 0. The van der Waals surface area contributed by atoms with Gasteiger partial charge in [0.05, 0.1) is 0 Å². The highest BCUT2D eigenvalue weighted by molar-refractivity contribution is 8.01. The molecular weight excluding hydrogens is 320 g/mol. The second kappa shape index (κ2) is 18.4. The lowest BCUT2D eigenvalue weighted by atomic mass is 10.0. The van der Waals surface area contributed by atoms with E-state index < -0.39 is 0 Å². The first-order valence-corrected chi connectivity index (χ1v) is 11.8. The topological polar surface area (TPSA) is 0 Å². The summed E-state index contributed by atoms with van der Waals surface area (Å²) in [6, 6.07) is 10.7. The van der Waals surface area contributed by atoms with Crippen molar-refractivity contribution < 1.29 is 0 Å². The van der Waals surface area contributed by atoms with Crippen LogP contribution in [0.25, 0.3) is 0 Å². The molecule has 1 aromatic rings. The summed E-state index contributed by atoms with van der Waals surface area (Å²) in [5.74, 6) is 2.37. The van der Waals surface area contributed by atoms with Crippen LogP contribution in [-0.4, -0.2) is 0 Å². The molecule has 0 saturated heterocycles. The third-order valence-electron chi connectivity index (χ3n) is 4.89. The Hall–Kier alpha value is -0.430. The number of rotatable bonds is 18. The lowest BCUT2D eigenvalue weighted by Crippen LogP contribution is -1.83. The van der Waals surface area contributed by atoms with Crippen molar-refractivity contribution >= 4 is 11.8 Å². The van der Waals surface area contributed by atoms with Crippen molar-refractivity contribution in [1.82, 2.24) is 0 Å². The van der Waals surface area contributed by atoms with Gasteiger partial charge in [0.2, 0.25) is 0 Å². The van der Waals surface area contributed by atoms with Gasteiger partial charge >= 0.3 is 0 Å². The largest absolute Gasteiger partial charge is 0.122 e. The zero-order chi connectivity index (χ0) is 17.8. The fraction of sp³-hybridized carbons (Fsp3) is 0.708. The van der Waals surface area contributed by atoms with Gasteiger partial charge in [-0.1, -0.05) is 121 Å². The van der Waals surface area contributed by atoms with Crippen LogP contribution in [0.15, 0.2) is 35.2 Å². The van der Waals surface area contributed by atoms with Crippen LogP contribution in [0.1, 0.15) is 110 Å². The summed E-state index contributed by atoms with van der Waals surface area (Å²) in [5, 5.41) is 0. The minimum Gasteiger partial charge on any atom is -0.122 e. The van der Waals surface area contributed by atoms with Crippen LogP contribution < -0.4 is 0 Å². The Morgan fingerprint density at radius 3 is 1.52 bits per heavy atom. The van der Waals surface area contributed by atoms with Gasteiger partial charge in [-0.3, -0.25) is 0 Å². The van der Waals surface area contributed by atoms with Crippen molar-refractivity contribution in [2.75, 3.05) is 0 Å². The van der Waals surface area contributed by atoms with Crippen LogP contribution >= 0.6 is 11.8 Å². The highest BCUT2D eigenvalue weighted by Gasteiger charge is 1.96. The molecule has 1 aromatic carbocycles. The van der Waals surface area contributed by atoms with E-state index in [4.69, 9.17) is 0 Å². The van der Waals surface area contributed by atoms with E-state index in [1.54, 1.807) is 0 Å². The molecule has 0 spiro atoms. The summed E-state index contributed by atoms with van der Waals surface area (Å²) in [4.78, 5) is 1.36. The van der Waals surface area contributed by atoms with E-state index in [0.29, 0.717) is 0 Å². The molecule has 0 aliphatic rings. The molecule has 0 bridgehead atoms. The highest BCUT2D eigenvalue weighted by Crippen LogP contribution is 2.23. The van der Waals surface area contributed by atoms with E-state index in [1.165, 1.54) is 108 Å². The summed E-state index contributed by atoms with van der Waals surface area (Å²) < 4.78 is 0. The number of thioether (sulfide) groups is 1. The Morgan fingerprint density at radius 1 is 0.600 bits per heavy atom. The smallest absolute Gasteiger partial charge is 0.0217 e. The Morgan fingerprint density at radius 2 is 1.04 bits per heavy atom. The van der Waals surface area contributed by atoms with Gasteiger partial charge in [0.15, 0.2) is 0 Å². The van der Waals surface area contributed by atoms with Crippen LogP contribution in [0.5, 0.6) is 0 Å². The average molecular weight is 362 g/mol. The molecule has 1 radical (unpaired) electrons. The molecule has 0 nitrogen and oxygen atoms in total. The van der Waals surface area contributed by atoms with Crippen molar-refractivity contribution in [2.45, 2.75) is 115 Å². The monoisotopic (exact) mass is 361 g/mol. The summed E-state index contributed by atoms with van der Waals surface area (Å²) in [7, 11) is 0. The number of benzene rings is 1. The third kappa shape index (κ3) is 15.5. The van der Waals surface area contributed by atoms with Gasteiger partial charge in [-0.05, 0) is 18.6 Å². The minimum absolute atomic E-state index is 1.25. The lowest BCUT2D eigenvalue weighted by molar-refractivity contribution is 0.532. The molecule has 0 aliphatic carbocycles. The predicted octanol–water partition coefficient (Wildman–Crippen LogP) is 9.20. The van der Waals surface area contributed by atoms with Gasteiger partial charge in [-0.25, -0.2) is 0 Å². The van der Waals surface area contributed by atoms with Gasteiger partial charge < -0.3 is 0 Å². The summed E-state index contributed by atoms with van der Waals surface area (Å²) >= 11 is 1.88. The van der Waals surface area contributed by atoms with Gasteiger partial charge in [-0.15, -0.1) is 11.8 Å². The third-order valence-corrected chi connectivity index (χ3v) is 5.83. The molecular formula is C24H41S. The summed E-state index contributed by atoms with van der Waals surface area (Å²) in [6.07, 6.45) is 22.9. The molecule has 25 heavy (non-hydrogen) atoms. The molecule has 0 heterocycles. The molecule has 0 saturated carbocycles. The maximum Gasteiger partial charge on any atom is 0.0217 e. The van der Waals surface area contributed by atoms with E-state index in [1.807, 2.05) is 11.8 Å². The molecule has 0 aliphatic heterocycles. The first-order chi connectivity index (χ1) is 12.4. The van der Waals surface area contributed by atoms with E-state index in [2.05, 4.69) is 43.0 Å². The SMILES string of the molecule is CCCCCCCCCCCCCCCCC[CH]Sc1ccccc1. The Balaban J connectivity index is 1.69. The van der Waals surface area contributed by atoms with Gasteiger partial charge in [0.1, 0.15) is 0 Å². The minimum atomic E-state index is 1.25. The molecule has 0 atom stereocenters. The van der Waals surface area contributed by atoms with Crippen LogP contribution in [-0.2, 0) is 0 Å². The fourth-order valence-electron chi connectivity index (χ4n) is 3.25. The van der Waals surface area contributed by atoms with E-state index in [-0.39, 0.29) is 0 Å². The Labute approximate surface area is 162 Å². The fourth-order valence-corrected chi connectivity index (χ4v) is 4.04. The standard InChI is InChI=1S/C24H41S/c1-2-3-4-5-6-7-8-9-10-11-12-13-14-15-16-20-23-25-24-21-18-17-19-22-24/h17-19,21-23H,2-16,20H2,1H3. The van der Waals surface area contributed by atoms with Crippen molar-refractivity contribution in [2.24, 2.45) is 0 Å². The predicted molar refractivity (Wildman–Crippen MR) is 116 cm³/mol. The quantitative estimate of drug-likeness (QED) is 0.185. The Bertz CT molecular complexity index is 360. The first kappa shape index (κ1) is 22.6. The van der Waals surface area contributed by atoms with Crippen LogP contribution in [0.4, 0.5) is 0 Å². The van der Waals surface area contributed by atoms with E-state index >= 15 is 0 Å². The zero-order valence-electron chi connectivity index (χ0n) is 16.7. The molecule has 0 unspecified atom stereocenters. The van der Waals surface area contributed by atoms with Crippen LogP contribution in [0.2, 0.25) is 0 Å². The zero-order valence-corrected chi connectivity index (χ0v) is 17.5. The first-order valence-electron chi connectivity index (χ1n) is 11.0. The van der Waals surface area contributed by atoms with Crippen molar-refractivity contribution in [3.8, 4) is 0 Å². The second-order valence-electron chi connectivity index (χ2n) is 7.34. The molecule has 1 heteroatoms. The maximum absolute atomic E-state index is 2.37. The molecule has 0 amide bonds. The molecule has 0 fully saturated rings. The Kier molecular flexibility index (Phi) is 16.6. The molecule has 1 rings (SSSR count). The van der Waals surface area contributed by atoms with Crippen molar-refractivity contribution in [3.63, 3.8) is 0 Å². The summed E-state index contributed by atoms with van der Waals surface area (Å²) in [6.45, 7) is 2.30. The number of hydrogen-bond acceptors (Lipinski definition) is 1. The lowest BCUT2D eigenvalue weighted by Gasteiger charge is -2.04. The normalized spacial score (nSPS) is 11.1. The van der Waals surface area contributed by atoms with Gasteiger partial charge in [0, 0.05) is 10.6 Å². The van der Waals surface area contributed by atoms with Crippen LogP contribution in [0.3, 0.4) is 0 Å². The summed E-state index contributed by atoms with van der Waals surface area (Å²) in [5.41, 5.74) is 0.